The minimum absolute atomic E-state index is 0.235. The number of benzene rings is 1. The highest BCUT2D eigenvalue weighted by atomic mass is 32.2. The summed E-state index contributed by atoms with van der Waals surface area (Å²) in [5, 5.41) is 10.7. The van der Waals surface area contributed by atoms with E-state index >= 15 is 0 Å². The maximum atomic E-state index is 11.8. The molecule has 0 aliphatic carbocycles. The monoisotopic (exact) mass is 225 g/mol. The van der Waals surface area contributed by atoms with Crippen molar-refractivity contribution >= 4 is 21.3 Å². The molecule has 80 valence electrons. The van der Waals surface area contributed by atoms with E-state index in [0.29, 0.717) is 5.56 Å². The molecule has 0 radical (unpaired) electrons. The zero-order valence-electron chi connectivity index (χ0n) is 8.47. The summed E-state index contributed by atoms with van der Waals surface area (Å²) in [5.41, 5.74) is 0.366. The Morgan fingerprint density at radius 1 is 1.27 bits per heavy atom. The molecular weight excluding hydrogens is 214 g/mol. The lowest BCUT2D eigenvalue weighted by Gasteiger charge is -2.00. The van der Waals surface area contributed by atoms with Crippen LogP contribution in [0.5, 0.6) is 0 Å². The van der Waals surface area contributed by atoms with Gasteiger partial charge in [-0.3, -0.25) is 14.9 Å². The summed E-state index contributed by atoms with van der Waals surface area (Å²) in [5.74, 6) is -0.492. The van der Waals surface area contributed by atoms with Crippen LogP contribution >= 0.6 is 10.5 Å². The van der Waals surface area contributed by atoms with Crippen LogP contribution in [-0.2, 0) is 0 Å². The normalized spacial score (nSPS) is 10.1. The molecule has 1 aromatic carbocycles. The van der Waals surface area contributed by atoms with Crippen LogP contribution in [0.2, 0.25) is 0 Å². The van der Waals surface area contributed by atoms with Crippen molar-refractivity contribution < 1.29 is 9.72 Å². The molecule has 1 rings (SSSR count). The molecule has 4 nitrogen and oxygen atoms in total. The van der Waals surface area contributed by atoms with Crippen molar-refractivity contribution in [3.63, 3.8) is 0 Å². The predicted molar refractivity (Wildman–Crippen MR) is 62.2 cm³/mol. The van der Waals surface area contributed by atoms with Gasteiger partial charge in [-0.2, -0.15) is 0 Å². The molecule has 0 spiro atoms. The lowest BCUT2D eigenvalue weighted by Crippen LogP contribution is -2.23. The number of ketones is 1. The van der Waals surface area contributed by atoms with Gasteiger partial charge in [0.2, 0.25) is 0 Å². The van der Waals surface area contributed by atoms with Crippen LogP contribution in [0.25, 0.3) is 0 Å². The Balaban J connectivity index is 3.15. The molecule has 0 N–H and O–H groups in total. The van der Waals surface area contributed by atoms with Gasteiger partial charge >= 0.3 is 4.99 Å². The van der Waals surface area contributed by atoms with Crippen molar-refractivity contribution in [3.8, 4) is 0 Å². The molecule has 0 amide bonds. The molecule has 0 saturated heterocycles. The molecule has 0 aliphatic rings. The van der Waals surface area contributed by atoms with Crippen molar-refractivity contribution in [2.75, 3.05) is 12.5 Å². The number of rotatable bonds is 2. The number of Topliss-reactive ketones (excluding diaryl/α,β-unsaturated/α-hetero) is 1. The number of hydrogen-bond donors (Lipinski definition) is 0. The highest BCUT2D eigenvalue weighted by molar-refractivity contribution is 8.15. The van der Waals surface area contributed by atoms with Gasteiger partial charge in [-0.1, -0.05) is 30.3 Å². The first-order valence-electron chi connectivity index (χ1n) is 4.22. The summed E-state index contributed by atoms with van der Waals surface area (Å²) in [4.78, 5) is 21.6. The van der Waals surface area contributed by atoms with Gasteiger partial charge in [0.15, 0.2) is 0 Å². The molecule has 0 aliphatic heterocycles. The number of carbonyl (C=O) groups excluding carboxylic acids is 1. The van der Waals surface area contributed by atoms with Crippen molar-refractivity contribution in [2.45, 2.75) is 0 Å². The Morgan fingerprint density at radius 2 is 1.80 bits per heavy atom. The Morgan fingerprint density at radius 3 is 2.20 bits per heavy atom. The van der Waals surface area contributed by atoms with Crippen LogP contribution in [0.3, 0.4) is 0 Å². The summed E-state index contributed by atoms with van der Waals surface area (Å²) >= 11 is 0. The standard InChI is InChI=1S/C10H11NO3S/c1-15(2)10(11(13)14)9(12)8-6-4-3-5-7-8/h3-7H,1-2H3. The molecule has 0 heterocycles. The smallest absolute Gasteiger partial charge is 0.281 e. The number of hydrogen-bond acceptors (Lipinski definition) is 3. The molecule has 0 aromatic heterocycles. The van der Waals surface area contributed by atoms with Crippen LogP contribution in [0.1, 0.15) is 10.4 Å². The molecule has 0 saturated carbocycles. The fraction of sp³-hybridized carbons (Fsp3) is 0.200. The summed E-state index contributed by atoms with van der Waals surface area (Å²) in [6.45, 7) is 0. The Kier molecular flexibility index (Phi) is 3.74. The molecular formula is C10H11NO3S. The van der Waals surface area contributed by atoms with Gasteiger partial charge in [0.1, 0.15) is 0 Å². The van der Waals surface area contributed by atoms with Gasteiger partial charge < -0.3 is 0 Å². The number of nitrogens with zero attached hydrogens (tertiary/aromatic N) is 1. The first-order valence-corrected chi connectivity index (χ1v) is 6.27. The lowest BCUT2D eigenvalue weighted by molar-refractivity contribution is -0.342. The van der Waals surface area contributed by atoms with E-state index in [1.165, 1.54) is 0 Å². The van der Waals surface area contributed by atoms with E-state index in [2.05, 4.69) is 0 Å². The quantitative estimate of drug-likeness (QED) is 0.334. The van der Waals surface area contributed by atoms with E-state index in [-0.39, 0.29) is 4.99 Å². The average Bonchev–Trinajstić information content (AvgIpc) is 2.18. The predicted octanol–water partition coefficient (Wildman–Crippen LogP) is 1.80. The third-order valence-corrected chi connectivity index (χ3v) is 2.89. The molecule has 1 aromatic rings. The zero-order valence-corrected chi connectivity index (χ0v) is 9.28. The van der Waals surface area contributed by atoms with Crippen LogP contribution in [0.4, 0.5) is 0 Å². The van der Waals surface area contributed by atoms with Gasteiger partial charge in [0.25, 0.3) is 5.78 Å². The van der Waals surface area contributed by atoms with E-state index in [9.17, 15) is 14.9 Å². The van der Waals surface area contributed by atoms with Gasteiger partial charge in [-0.05, 0) is 12.5 Å². The van der Waals surface area contributed by atoms with Crippen LogP contribution in [0, 0.1) is 10.1 Å². The first-order chi connectivity index (χ1) is 7.04. The first kappa shape index (κ1) is 11.6. The summed E-state index contributed by atoms with van der Waals surface area (Å²) in [6.07, 6.45) is 3.33. The van der Waals surface area contributed by atoms with E-state index in [0.717, 1.165) is 0 Å². The van der Waals surface area contributed by atoms with Crippen molar-refractivity contribution in [3.05, 3.63) is 46.0 Å². The Bertz CT molecular complexity index is 422. The average molecular weight is 225 g/mol. The maximum Gasteiger partial charge on any atom is 0.341 e. The topological polar surface area (TPSA) is 60.2 Å². The second-order valence-electron chi connectivity index (χ2n) is 3.07. The Labute approximate surface area is 90.0 Å². The minimum atomic E-state index is -0.646. The summed E-state index contributed by atoms with van der Waals surface area (Å²) < 4.78 is 0. The minimum Gasteiger partial charge on any atom is -0.281 e. The second-order valence-corrected chi connectivity index (χ2v) is 5.09. The van der Waals surface area contributed by atoms with E-state index in [4.69, 9.17) is 0 Å². The fourth-order valence-corrected chi connectivity index (χ4v) is 1.92. The van der Waals surface area contributed by atoms with Gasteiger partial charge in [0, 0.05) is 5.56 Å². The molecule has 0 bridgehead atoms. The van der Waals surface area contributed by atoms with E-state index in [1.807, 2.05) is 0 Å². The van der Waals surface area contributed by atoms with E-state index in [1.54, 1.807) is 42.8 Å². The largest absolute Gasteiger partial charge is 0.341 e. The molecule has 15 heavy (non-hydrogen) atoms. The van der Waals surface area contributed by atoms with Crippen LogP contribution in [-0.4, -0.2) is 28.2 Å². The lowest BCUT2D eigenvalue weighted by atomic mass is 10.1. The zero-order chi connectivity index (χ0) is 11.4. The van der Waals surface area contributed by atoms with Gasteiger partial charge in [0.05, 0.1) is 4.92 Å². The Hall–Kier alpha value is -1.49. The molecule has 0 unspecified atom stereocenters. The van der Waals surface area contributed by atoms with Crippen molar-refractivity contribution in [1.29, 1.82) is 0 Å². The van der Waals surface area contributed by atoms with Gasteiger partial charge in [-0.15, -0.1) is 10.5 Å². The van der Waals surface area contributed by atoms with Crippen molar-refractivity contribution in [1.82, 2.24) is 0 Å². The number of nitro groups is 1. The highest BCUT2D eigenvalue weighted by Gasteiger charge is 2.24. The fourth-order valence-electron chi connectivity index (χ4n) is 1.13. The van der Waals surface area contributed by atoms with Gasteiger partial charge in [-0.25, -0.2) is 0 Å². The third-order valence-electron chi connectivity index (χ3n) is 1.78. The molecule has 0 atom stereocenters. The SMILES string of the molecule is CS(C)=C(C(=O)c1ccccc1)[N+](=O)[O-]. The second kappa shape index (κ2) is 4.84. The summed E-state index contributed by atoms with van der Waals surface area (Å²) in [6, 6.07) is 8.31. The third kappa shape index (κ3) is 2.73. The van der Waals surface area contributed by atoms with Crippen LogP contribution in [0.15, 0.2) is 30.3 Å². The highest BCUT2D eigenvalue weighted by Crippen LogP contribution is 2.10. The van der Waals surface area contributed by atoms with Crippen LogP contribution < -0.4 is 0 Å². The summed E-state index contributed by atoms with van der Waals surface area (Å²) in [7, 11) is -0.646. The van der Waals surface area contributed by atoms with E-state index < -0.39 is 21.2 Å². The number of carbonyl (C=O) groups is 1. The maximum absolute atomic E-state index is 11.8. The van der Waals surface area contributed by atoms with Crippen molar-refractivity contribution in [2.24, 2.45) is 0 Å². The molecule has 5 heteroatoms. The molecule has 0 fully saturated rings.